The summed E-state index contributed by atoms with van der Waals surface area (Å²) >= 11 is 0. The fourth-order valence-electron chi connectivity index (χ4n) is 1.19. The molecule has 66 valence electrons. The Morgan fingerprint density at radius 1 is 1.36 bits per heavy atom. The van der Waals surface area contributed by atoms with Gasteiger partial charge in [0.1, 0.15) is 0 Å². The van der Waals surface area contributed by atoms with Crippen molar-refractivity contribution in [1.29, 1.82) is 0 Å². The van der Waals surface area contributed by atoms with Crippen LogP contribution in [-0.2, 0) is 9.47 Å². The summed E-state index contributed by atoms with van der Waals surface area (Å²) in [6, 6.07) is 0. The monoisotopic (exact) mass is 158 g/mol. The van der Waals surface area contributed by atoms with Crippen LogP contribution in [0.25, 0.3) is 0 Å². The van der Waals surface area contributed by atoms with Crippen molar-refractivity contribution in [3.63, 3.8) is 0 Å². The maximum Gasteiger partial charge on any atom is 0.158 e. The van der Waals surface area contributed by atoms with Gasteiger partial charge in [-0.2, -0.15) is 0 Å². The average Bonchev–Trinajstić information content (AvgIpc) is 2.10. The molecule has 11 heavy (non-hydrogen) atoms. The van der Waals surface area contributed by atoms with E-state index >= 15 is 0 Å². The molecule has 0 amide bonds. The van der Waals surface area contributed by atoms with Gasteiger partial charge < -0.3 is 9.47 Å². The first-order valence-corrected chi connectivity index (χ1v) is 4.24. The lowest BCUT2D eigenvalue weighted by Gasteiger charge is -2.21. The van der Waals surface area contributed by atoms with Crippen LogP contribution in [0, 0.1) is 5.41 Å². The predicted octanol–water partition coefficient (Wildman–Crippen LogP) is 2.18. The van der Waals surface area contributed by atoms with Crippen molar-refractivity contribution in [2.24, 2.45) is 5.41 Å². The fourth-order valence-corrected chi connectivity index (χ4v) is 1.19. The van der Waals surface area contributed by atoms with E-state index in [1.54, 1.807) is 0 Å². The highest BCUT2D eigenvalue weighted by molar-refractivity contribution is 4.68. The van der Waals surface area contributed by atoms with E-state index in [1.165, 1.54) is 0 Å². The Balaban J connectivity index is 2.29. The van der Waals surface area contributed by atoms with Crippen molar-refractivity contribution >= 4 is 0 Å². The van der Waals surface area contributed by atoms with Crippen LogP contribution in [0.3, 0.4) is 0 Å². The van der Waals surface area contributed by atoms with Crippen LogP contribution < -0.4 is 0 Å². The van der Waals surface area contributed by atoms with Gasteiger partial charge in [0, 0.05) is 6.42 Å². The summed E-state index contributed by atoms with van der Waals surface area (Å²) < 4.78 is 10.9. The Bertz CT molecular complexity index is 126. The van der Waals surface area contributed by atoms with Gasteiger partial charge in [-0.15, -0.1) is 0 Å². The van der Waals surface area contributed by atoms with E-state index in [0.717, 1.165) is 13.0 Å². The molecule has 2 heteroatoms. The number of rotatable bonds is 1. The van der Waals surface area contributed by atoms with Crippen molar-refractivity contribution in [2.45, 2.75) is 46.5 Å². The average molecular weight is 158 g/mol. The lowest BCUT2D eigenvalue weighted by molar-refractivity contribution is -0.0767. The Morgan fingerprint density at radius 3 is 2.36 bits per heavy atom. The van der Waals surface area contributed by atoms with E-state index in [9.17, 15) is 0 Å². The third kappa shape index (κ3) is 3.21. The van der Waals surface area contributed by atoms with Gasteiger partial charge in [0.15, 0.2) is 6.29 Å². The first kappa shape index (κ1) is 9.01. The molecule has 2 unspecified atom stereocenters. The largest absolute Gasteiger partial charge is 0.350 e. The third-order valence-corrected chi connectivity index (χ3v) is 1.68. The molecule has 0 aromatic rings. The number of ether oxygens (including phenoxy) is 2. The normalized spacial score (nSPS) is 32.7. The molecule has 1 saturated heterocycles. The molecule has 1 heterocycles. The van der Waals surface area contributed by atoms with Crippen molar-refractivity contribution < 1.29 is 9.47 Å². The highest BCUT2D eigenvalue weighted by Crippen LogP contribution is 2.26. The molecule has 0 aromatic heterocycles. The topological polar surface area (TPSA) is 18.5 Å². The molecule has 2 nitrogen and oxygen atoms in total. The molecular formula is C9H18O2. The minimum absolute atomic E-state index is 0.0324. The summed E-state index contributed by atoms with van der Waals surface area (Å²) in [5, 5.41) is 0. The van der Waals surface area contributed by atoms with Gasteiger partial charge in [-0.05, 0) is 12.3 Å². The second kappa shape index (κ2) is 3.11. The lowest BCUT2D eigenvalue weighted by Crippen LogP contribution is -2.18. The van der Waals surface area contributed by atoms with E-state index in [1.807, 2.05) is 6.92 Å². The summed E-state index contributed by atoms with van der Waals surface area (Å²) in [6.45, 7) is 9.39. The molecule has 1 rings (SSSR count). The summed E-state index contributed by atoms with van der Waals surface area (Å²) in [7, 11) is 0. The standard InChI is InChI=1S/C9H18O2/c1-7-6-10-8(11-7)5-9(2,3)4/h7-8H,5-6H2,1-4H3. The lowest BCUT2D eigenvalue weighted by atomic mass is 9.92. The maximum atomic E-state index is 5.52. The van der Waals surface area contributed by atoms with Crippen LogP contribution in [0.5, 0.6) is 0 Å². The minimum atomic E-state index is 0.0324. The first-order chi connectivity index (χ1) is 4.97. The van der Waals surface area contributed by atoms with Gasteiger partial charge in [-0.1, -0.05) is 20.8 Å². The Morgan fingerprint density at radius 2 is 2.00 bits per heavy atom. The maximum absolute atomic E-state index is 5.52. The summed E-state index contributed by atoms with van der Waals surface area (Å²) in [4.78, 5) is 0. The van der Waals surface area contributed by atoms with Crippen molar-refractivity contribution in [1.82, 2.24) is 0 Å². The van der Waals surface area contributed by atoms with E-state index in [0.29, 0.717) is 5.41 Å². The van der Waals surface area contributed by atoms with Crippen LogP contribution in [0.2, 0.25) is 0 Å². The fraction of sp³-hybridized carbons (Fsp3) is 1.00. The van der Waals surface area contributed by atoms with Crippen molar-refractivity contribution in [3.8, 4) is 0 Å². The smallest absolute Gasteiger partial charge is 0.158 e. The molecule has 0 spiro atoms. The zero-order valence-corrected chi connectivity index (χ0v) is 7.89. The SMILES string of the molecule is CC1COC(CC(C)(C)C)O1. The molecule has 0 aliphatic carbocycles. The number of hydrogen-bond donors (Lipinski definition) is 0. The van der Waals surface area contributed by atoms with E-state index in [4.69, 9.17) is 9.47 Å². The van der Waals surface area contributed by atoms with Crippen molar-refractivity contribution in [3.05, 3.63) is 0 Å². The molecule has 0 N–H and O–H groups in total. The Labute approximate surface area is 68.9 Å². The molecule has 0 bridgehead atoms. The summed E-state index contributed by atoms with van der Waals surface area (Å²) in [5.74, 6) is 0. The summed E-state index contributed by atoms with van der Waals surface area (Å²) in [6.07, 6.45) is 1.30. The second-order valence-electron chi connectivity index (χ2n) is 4.47. The van der Waals surface area contributed by atoms with Gasteiger partial charge >= 0.3 is 0 Å². The van der Waals surface area contributed by atoms with Gasteiger partial charge in [0.25, 0.3) is 0 Å². The molecule has 2 atom stereocenters. The van der Waals surface area contributed by atoms with Crippen LogP contribution in [0.15, 0.2) is 0 Å². The Kier molecular flexibility index (Phi) is 2.55. The van der Waals surface area contributed by atoms with Gasteiger partial charge in [-0.3, -0.25) is 0 Å². The number of hydrogen-bond acceptors (Lipinski definition) is 2. The first-order valence-electron chi connectivity index (χ1n) is 4.24. The predicted molar refractivity (Wildman–Crippen MR) is 44.4 cm³/mol. The van der Waals surface area contributed by atoms with Crippen LogP contribution in [-0.4, -0.2) is 19.0 Å². The zero-order chi connectivity index (χ0) is 8.48. The molecule has 0 aromatic carbocycles. The molecule has 1 aliphatic rings. The van der Waals surface area contributed by atoms with Gasteiger partial charge in [0.2, 0.25) is 0 Å². The van der Waals surface area contributed by atoms with E-state index in [-0.39, 0.29) is 12.4 Å². The van der Waals surface area contributed by atoms with Crippen molar-refractivity contribution in [2.75, 3.05) is 6.61 Å². The molecule has 0 radical (unpaired) electrons. The van der Waals surface area contributed by atoms with E-state index < -0.39 is 0 Å². The van der Waals surface area contributed by atoms with Crippen LogP contribution >= 0.6 is 0 Å². The quantitative estimate of drug-likeness (QED) is 0.582. The summed E-state index contributed by atoms with van der Waals surface area (Å²) in [5.41, 5.74) is 0.300. The Hall–Kier alpha value is -0.0800. The van der Waals surface area contributed by atoms with Crippen LogP contribution in [0.1, 0.15) is 34.1 Å². The molecular weight excluding hydrogens is 140 g/mol. The third-order valence-electron chi connectivity index (χ3n) is 1.68. The molecule has 0 saturated carbocycles. The van der Waals surface area contributed by atoms with Gasteiger partial charge in [-0.25, -0.2) is 0 Å². The zero-order valence-electron chi connectivity index (χ0n) is 7.89. The van der Waals surface area contributed by atoms with Gasteiger partial charge in [0.05, 0.1) is 12.7 Å². The highest BCUT2D eigenvalue weighted by Gasteiger charge is 2.26. The minimum Gasteiger partial charge on any atom is -0.350 e. The molecule has 1 aliphatic heterocycles. The van der Waals surface area contributed by atoms with E-state index in [2.05, 4.69) is 20.8 Å². The second-order valence-corrected chi connectivity index (χ2v) is 4.47. The highest BCUT2D eigenvalue weighted by atomic mass is 16.7. The van der Waals surface area contributed by atoms with Crippen LogP contribution in [0.4, 0.5) is 0 Å². The molecule has 1 fully saturated rings.